The van der Waals surface area contributed by atoms with E-state index in [9.17, 15) is 0 Å². The Bertz CT molecular complexity index is 1290. The number of rotatable bonds is 2. The fourth-order valence-electron chi connectivity index (χ4n) is 3.45. The van der Waals surface area contributed by atoms with E-state index in [0.717, 1.165) is 33.4 Å². The number of aryl methyl sites for hydroxylation is 1. The van der Waals surface area contributed by atoms with E-state index in [1.165, 1.54) is 10.8 Å². The normalized spacial score (nSPS) is 11.1. The molecule has 0 saturated heterocycles. The predicted octanol–water partition coefficient (Wildman–Crippen LogP) is 5.82. The SMILES string of the molecule is Cc1ccc(-c2ncc3ccccc3n2)nc1-c1cccc2ccccc12. The maximum Gasteiger partial charge on any atom is 0.178 e. The fraction of sp³-hybridized carbons (Fsp3) is 0.0417. The molecule has 5 aromatic rings. The molecule has 0 aliphatic carbocycles. The van der Waals surface area contributed by atoms with Crippen LogP contribution in [0.1, 0.15) is 5.56 Å². The zero-order valence-corrected chi connectivity index (χ0v) is 14.9. The molecule has 0 bridgehead atoms. The molecule has 2 heterocycles. The highest BCUT2D eigenvalue weighted by Gasteiger charge is 2.11. The van der Waals surface area contributed by atoms with Crippen LogP contribution in [0.25, 0.3) is 44.5 Å². The minimum atomic E-state index is 0.648. The van der Waals surface area contributed by atoms with E-state index in [1.807, 2.05) is 36.5 Å². The molecule has 0 N–H and O–H groups in total. The lowest BCUT2D eigenvalue weighted by atomic mass is 9.99. The summed E-state index contributed by atoms with van der Waals surface area (Å²) in [5.41, 5.74) is 4.95. The lowest BCUT2D eigenvalue weighted by Gasteiger charge is -2.11. The summed E-state index contributed by atoms with van der Waals surface area (Å²) in [4.78, 5) is 14.2. The fourth-order valence-corrected chi connectivity index (χ4v) is 3.45. The molecular formula is C24H17N3. The molecule has 0 fully saturated rings. The van der Waals surface area contributed by atoms with Gasteiger partial charge in [0, 0.05) is 17.1 Å². The Balaban J connectivity index is 1.70. The summed E-state index contributed by atoms with van der Waals surface area (Å²) < 4.78 is 0. The molecule has 2 aromatic heterocycles. The summed E-state index contributed by atoms with van der Waals surface area (Å²) in [5, 5.41) is 3.44. The molecule has 5 rings (SSSR count). The first-order chi connectivity index (χ1) is 13.3. The minimum Gasteiger partial charge on any atom is -0.244 e. The smallest absolute Gasteiger partial charge is 0.178 e. The van der Waals surface area contributed by atoms with Crippen molar-refractivity contribution >= 4 is 21.7 Å². The molecule has 128 valence electrons. The Hall–Kier alpha value is -3.59. The second-order valence-electron chi connectivity index (χ2n) is 6.64. The number of aromatic nitrogens is 3. The van der Waals surface area contributed by atoms with Crippen molar-refractivity contribution in [1.29, 1.82) is 0 Å². The van der Waals surface area contributed by atoms with E-state index in [0.29, 0.717) is 5.82 Å². The molecule has 0 aliphatic rings. The first-order valence-electron chi connectivity index (χ1n) is 8.97. The van der Waals surface area contributed by atoms with E-state index >= 15 is 0 Å². The third-order valence-corrected chi connectivity index (χ3v) is 4.86. The first-order valence-corrected chi connectivity index (χ1v) is 8.97. The van der Waals surface area contributed by atoms with Crippen molar-refractivity contribution in [3.8, 4) is 22.8 Å². The summed E-state index contributed by atoms with van der Waals surface area (Å²) in [7, 11) is 0. The van der Waals surface area contributed by atoms with Crippen molar-refractivity contribution in [2.75, 3.05) is 0 Å². The highest BCUT2D eigenvalue weighted by molar-refractivity contribution is 5.96. The molecule has 0 amide bonds. The van der Waals surface area contributed by atoms with E-state index < -0.39 is 0 Å². The Labute approximate surface area is 157 Å². The highest BCUT2D eigenvalue weighted by Crippen LogP contribution is 2.31. The van der Waals surface area contributed by atoms with Gasteiger partial charge in [0.2, 0.25) is 0 Å². The largest absolute Gasteiger partial charge is 0.244 e. The molecular weight excluding hydrogens is 330 g/mol. The number of nitrogens with zero attached hydrogens (tertiary/aromatic N) is 3. The van der Waals surface area contributed by atoms with E-state index in [4.69, 9.17) is 9.97 Å². The van der Waals surface area contributed by atoms with E-state index in [-0.39, 0.29) is 0 Å². The quantitative estimate of drug-likeness (QED) is 0.404. The minimum absolute atomic E-state index is 0.648. The van der Waals surface area contributed by atoms with Crippen molar-refractivity contribution in [2.45, 2.75) is 6.92 Å². The third-order valence-electron chi connectivity index (χ3n) is 4.86. The molecule has 27 heavy (non-hydrogen) atoms. The van der Waals surface area contributed by atoms with Gasteiger partial charge < -0.3 is 0 Å². The topological polar surface area (TPSA) is 38.7 Å². The van der Waals surface area contributed by atoms with Gasteiger partial charge in [-0.25, -0.2) is 15.0 Å². The van der Waals surface area contributed by atoms with Crippen molar-refractivity contribution < 1.29 is 0 Å². The van der Waals surface area contributed by atoms with Crippen molar-refractivity contribution in [3.05, 3.63) is 90.6 Å². The average Bonchev–Trinajstić information content (AvgIpc) is 2.73. The first kappa shape index (κ1) is 15.6. The standard InChI is InChI=1S/C24H17N3/c1-16-13-14-22(24-25-15-18-8-3-5-12-21(18)27-24)26-23(16)20-11-6-9-17-7-2-4-10-19(17)20/h2-15H,1H3. The molecule has 0 aliphatic heterocycles. The molecule has 3 nitrogen and oxygen atoms in total. The lowest BCUT2D eigenvalue weighted by molar-refractivity contribution is 1.17. The van der Waals surface area contributed by atoms with Gasteiger partial charge in [-0.2, -0.15) is 0 Å². The van der Waals surface area contributed by atoms with Crippen LogP contribution in [-0.4, -0.2) is 15.0 Å². The van der Waals surface area contributed by atoms with Gasteiger partial charge in [0.1, 0.15) is 5.69 Å². The van der Waals surface area contributed by atoms with E-state index in [2.05, 4.69) is 60.4 Å². The van der Waals surface area contributed by atoms with Crippen LogP contribution in [0.3, 0.4) is 0 Å². The summed E-state index contributed by atoms with van der Waals surface area (Å²) in [6.07, 6.45) is 1.86. The van der Waals surface area contributed by atoms with E-state index in [1.54, 1.807) is 0 Å². The van der Waals surface area contributed by atoms with Crippen LogP contribution >= 0.6 is 0 Å². The van der Waals surface area contributed by atoms with Gasteiger partial charge in [-0.15, -0.1) is 0 Å². The summed E-state index contributed by atoms with van der Waals surface area (Å²) in [6, 6.07) is 26.8. The van der Waals surface area contributed by atoms with Crippen LogP contribution in [0.5, 0.6) is 0 Å². The number of hydrogen-bond donors (Lipinski definition) is 0. The number of fused-ring (bicyclic) bond motifs is 2. The van der Waals surface area contributed by atoms with Gasteiger partial charge in [-0.3, -0.25) is 0 Å². The molecule has 3 aromatic carbocycles. The maximum absolute atomic E-state index is 4.94. The summed E-state index contributed by atoms with van der Waals surface area (Å²) in [5.74, 6) is 0.648. The van der Waals surface area contributed by atoms with Crippen LogP contribution < -0.4 is 0 Å². The average molecular weight is 347 g/mol. The highest BCUT2D eigenvalue weighted by atomic mass is 14.9. The van der Waals surface area contributed by atoms with Crippen LogP contribution in [0.4, 0.5) is 0 Å². The summed E-state index contributed by atoms with van der Waals surface area (Å²) >= 11 is 0. The van der Waals surface area contributed by atoms with Gasteiger partial charge in [0.15, 0.2) is 5.82 Å². The zero-order chi connectivity index (χ0) is 18.2. The Morgan fingerprint density at radius 1 is 0.667 bits per heavy atom. The van der Waals surface area contributed by atoms with Gasteiger partial charge in [0.25, 0.3) is 0 Å². The summed E-state index contributed by atoms with van der Waals surface area (Å²) in [6.45, 7) is 2.09. The second kappa shape index (κ2) is 6.29. The van der Waals surface area contributed by atoms with Gasteiger partial charge in [-0.1, -0.05) is 66.7 Å². The number of benzene rings is 3. The van der Waals surface area contributed by atoms with Crippen molar-refractivity contribution in [2.24, 2.45) is 0 Å². The molecule has 0 atom stereocenters. The van der Waals surface area contributed by atoms with Crippen LogP contribution in [0.15, 0.2) is 85.1 Å². The molecule has 0 spiro atoms. The number of para-hydroxylation sites is 1. The monoisotopic (exact) mass is 347 g/mol. The van der Waals surface area contributed by atoms with Crippen LogP contribution in [0.2, 0.25) is 0 Å². The lowest BCUT2D eigenvalue weighted by Crippen LogP contribution is -1.96. The van der Waals surface area contributed by atoms with Crippen LogP contribution in [-0.2, 0) is 0 Å². The number of hydrogen-bond acceptors (Lipinski definition) is 3. The molecule has 0 unspecified atom stereocenters. The molecule has 0 saturated carbocycles. The van der Waals surface area contributed by atoms with Crippen molar-refractivity contribution in [3.63, 3.8) is 0 Å². The van der Waals surface area contributed by atoms with Crippen LogP contribution in [0, 0.1) is 6.92 Å². The third kappa shape index (κ3) is 2.74. The van der Waals surface area contributed by atoms with Gasteiger partial charge >= 0.3 is 0 Å². The molecule has 3 heteroatoms. The Morgan fingerprint density at radius 2 is 1.44 bits per heavy atom. The molecule has 0 radical (unpaired) electrons. The Morgan fingerprint density at radius 3 is 2.37 bits per heavy atom. The Kier molecular flexibility index (Phi) is 3.65. The maximum atomic E-state index is 4.94. The van der Waals surface area contributed by atoms with Gasteiger partial charge in [-0.05, 0) is 35.4 Å². The predicted molar refractivity (Wildman–Crippen MR) is 110 cm³/mol. The van der Waals surface area contributed by atoms with Crippen molar-refractivity contribution in [1.82, 2.24) is 15.0 Å². The number of pyridine rings is 1. The zero-order valence-electron chi connectivity index (χ0n) is 14.9. The van der Waals surface area contributed by atoms with Gasteiger partial charge in [0.05, 0.1) is 11.2 Å². The second-order valence-corrected chi connectivity index (χ2v) is 6.64.